The molecule has 40 heavy (non-hydrogen) atoms. The van der Waals surface area contributed by atoms with Gasteiger partial charge in [-0.25, -0.2) is 0 Å². The predicted molar refractivity (Wildman–Crippen MR) is 151 cm³/mol. The number of hydrogen-bond acceptors (Lipinski definition) is 8. The van der Waals surface area contributed by atoms with Gasteiger partial charge in [0.15, 0.2) is 5.79 Å². The molecule has 220 valence electrons. The molecule has 5 aliphatic rings. The minimum Gasteiger partial charge on any atom is -0.462 e. The van der Waals surface area contributed by atoms with E-state index in [0.29, 0.717) is 29.9 Å². The first-order chi connectivity index (χ1) is 19.1. The highest BCUT2D eigenvalue weighted by Gasteiger charge is 2.59. The van der Waals surface area contributed by atoms with Crippen LogP contribution in [0.1, 0.15) is 79.6 Å². The Balaban J connectivity index is 1.53. The molecule has 9 atom stereocenters. The molecule has 0 unspecified atom stereocenters. The van der Waals surface area contributed by atoms with Gasteiger partial charge in [-0.05, 0) is 62.5 Å². The van der Waals surface area contributed by atoms with Crippen LogP contribution in [0.4, 0.5) is 0 Å². The van der Waals surface area contributed by atoms with Gasteiger partial charge >= 0.3 is 5.97 Å². The zero-order valence-corrected chi connectivity index (χ0v) is 24.5. The molecule has 2 bridgehead atoms. The second kappa shape index (κ2) is 11.6. The van der Waals surface area contributed by atoms with Crippen LogP contribution >= 0.6 is 0 Å². The third-order valence-electron chi connectivity index (χ3n) is 9.45. The van der Waals surface area contributed by atoms with E-state index in [4.69, 9.17) is 18.9 Å². The molecule has 4 heterocycles. The molecule has 0 aromatic carbocycles. The lowest BCUT2D eigenvalue weighted by Gasteiger charge is -2.49. The topological polar surface area (TPSA) is 107 Å². The maximum Gasteiger partial charge on any atom is 0.316 e. The SMILES string of the molecule is CC[C@@H]1O[C@]2(CC[C@@H]1C)C[C@H]1C[C@@H](C/C=C(\C)C[C@H](C)/C=C/C=C3\CO[C@@H]4/C(=N/O)C(C)=C[C@@H](C(=O)O1)[C@@]34O)O2. The Morgan fingerprint density at radius 2 is 1.98 bits per heavy atom. The maximum absolute atomic E-state index is 13.9. The van der Waals surface area contributed by atoms with E-state index in [1.165, 1.54) is 5.57 Å². The van der Waals surface area contributed by atoms with Crippen molar-refractivity contribution in [2.45, 2.75) is 115 Å². The molecule has 4 aliphatic heterocycles. The third-order valence-corrected chi connectivity index (χ3v) is 9.45. The number of carbonyl (C=O) groups is 1. The number of rotatable bonds is 1. The number of nitrogens with zero attached hydrogens (tertiary/aromatic N) is 1. The van der Waals surface area contributed by atoms with Gasteiger partial charge in [0.25, 0.3) is 0 Å². The van der Waals surface area contributed by atoms with Crippen LogP contribution in [0.15, 0.2) is 52.3 Å². The Bertz CT molecular complexity index is 1140. The number of ether oxygens (including phenoxy) is 4. The molecule has 0 aromatic heterocycles. The first-order valence-electron chi connectivity index (χ1n) is 14.9. The van der Waals surface area contributed by atoms with Crippen molar-refractivity contribution >= 4 is 11.7 Å². The van der Waals surface area contributed by atoms with E-state index in [0.717, 1.165) is 32.1 Å². The number of oxime groups is 1. The van der Waals surface area contributed by atoms with E-state index < -0.39 is 35.5 Å². The highest BCUT2D eigenvalue weighted by atomic mass is 16.7. The summed E-state index contributed by atoms with van der Waals surface area (Å²) in [4.78, 5) is 13.9. The summed E-state index contributed by atoms with van der Waals surface area (Å²) in [7, 11) is 0. The first-order valence-corrected chi connectivity index (χ1v) is 14.9. The quantitative estimate of drug-likeness (QED) is 0.193. The van der Waals surface area contributed by atoms with Crippen molar-refractivity contribution < 1.29 is 34.1 Å². The van der Waals surface area contributed by atoms with Gasteiger partial charge in [-0.3, -0.25) is 4.79 Å². The molecular weight excluding hydrogens is 510 g/mol. The second-order valence-electron chi connectivity index (χ2n) is 12.6. The van der Waals surface area contributed by atoms with Crippen LogP contribution in [0.5, 0.6) is 0 Å². The number of fused-ring (bicyclic) bond motifs is 2. The maximum atomic E-state index is 13.9. The summed E-state index contributed by atoms with van der Waals surface area (Å²) in [5, 5.41) is 25.3. The molecule has 3 saturated heterocycles. The van der Waals surface area contributed by atoms with E-state index in [1.807, 2.05) is 12.2 Å². The Morgan fingerprint density at radius 3 is 2.73 bits per heavy atom. The molecule has 8 heteroatoms. The van der Waals surface area contributed by atoms with E-state index in [-0.39, 0.29) is 30.4 Å². The van der Waals surface area contributed by atoms with Crippen LogP contribution in [0.2, 0.25) is 0 Å². The van der Waals surface area contributed by atoms with Crippen molar-refractivity contribution in [1.82, 2.24) is 0 Å². The number of aliphatic hydroxyl groups is 1. The number of hydrogen-bond donors (Lipinski definition) is 2. The molecule has 0 aromatic rings. The fourth-order valence-electron chi connectivity index (χ4n) is 7.22. The molecule has 1 aliphatic carbocycles. The minimum absolute atomic E-state index is 0.0940. The lowest BCUT2D eigenvalue weighted by Crippen LogP contribution is -2.57. The van der Waals surface area contributed by atoms with Crippen molar-refractivity contribution in [3.63, 3.8) is 0 Å². The molecule has 0 radical (unpaired) electrons. The fraction of sp³-hybridized carbons (Fsp3) is 0.688. The molecule has 1 spiro atoms. The molecule has 0 amide bonds. The molecule has 8 nitrogen and oxygen atoms in total. The third kappa shape index (κ3) is 5.48. The molecule has 3 fully saturated rings. The summed E-state index contributed by atoms with van der Waals surface area (Å²) in [5.41, 5.74) is 0.922. The Morgan fingerprint density at radius 1 is 1.18 bits per heavy atom. The van der Waals surface area contributed by atoms with E-state index in [1.54, 1.807) is 13.0 Å². The number of carbonyl (C=O) groups excluding carboxylic acids is 1. The fourth-order valence-corrected chi connectivity index (χ4v) is 7.22. The van der Waals surface area contributed by atoms with Gasteiger partial charge in [-0.15, -0.1) is 0 Å². The van der Waals surface area contributed by atoms with Crippen molar-refractivity contribution in [2.75, 3.05) is 6.61 Å². The Hall–Kier alpha value is -2.26. The van der Waals surface area contributed by atoms with Gasteiger partial charge in [0.2, 0.25) is 0 Å². The summed E-state index contributed by atoms with van der Waals surface area (Å²) in [6, 6.07) is 0. The van der Waals surface area contributed by atoms with Gasteiger partial charge in [0.05, 0.1) is 18.8 Å². The molecular formula is C32H45NO7. The van der Waals surface area contributed by atoms with E-state index >= 15 is 0 Å². The van der Waals surface area contributed by atoms with Gasteiger partial charge in [-0.1, -0.05) is 61.9 Å². The van der Waals surface area contributed by atoms with Crippen molar-refractivity contribution in [3.8, 4) is 0 Å². The summed E-state index contributed by atoms with van der Waals surface area (Å²) in [5.74, 6) is -1.60. The number of allylic oxidation sites excluding steroid dienone is 4. The first kappa shape index (κ1) is 29.2. The second-order valence-corrected chi connectivity index (χ2v) is 12.6. The smallest absolute Gasteiger partial charge is 0.316 e. The van der Waals surface area contributed by atoms with E-state index in [9.17, 15) is 15.1 Å². The number of esters is 1. The normalized spacial score (nSPS) is 47.0. The predicted octanol–water partition coefficient (Wildman–Crippen LogP) is 5.39. The largest absolute Gasteiger partial charge is 0.462 e. The zero-order valence-electron chi connectivity index (χ0n) is 24.5. The van der Waals surface area contributed by atoms with E-state index in [2.05, 4.69) is 45.0 Å². The van der Waals surface area contributed by atoms with Gasteiger partial charge in [0.1, 0.15) is 29.4 Å². The Kier molecular flexibility index (Phi) is 8.44. The lowest BCUT2D eigenvalue weighted by molar-refractivity contribution is -0.335. The molecule has 0 saturated carbocycles. The van der Waals surface area contributed by atoms with Crippen molar-refractivity contribution in [1.29, 1.82) is 0 Å². The highest BCUT2D eigenvalue weighted by molar-refractivity contribution is 6.06. The van der Waals surface area contributed by atoms with Crippen LogP contribution in [-0.2, 0) is 23.7 Å². The molecule has 5 rings (SSSR count). The van der Waals surface area contributed by atoms with Crippen molar-refractivity contribution in [2.24, 2.45) is 22.9 Å². The summed E-state index contributed by atoms with van der Waals surface area (Å²) in [6.07, 6.45) is 13.6. The monoisotopic (exact) mass is 555 g/mol. The highest BCUT2D eigenvalue weighted by Crippen LogP contribution is 2.46. The van der Waals surface area contributed by atoms with Crippen LogP contribution in [-0.4, -0.2) is 64.4 Å². The zero-order chi connectivity index (χ0) is 28.7. The van der Waals surface area contributed by atoms with Gasteiger partial charge in [-0.2, -0.15) is 0 Å². The summed E-state index contributed by atoms with van der Waals surface area (Å²) >= 11 is 0. The average Bonchev–Trinajstić information content (AvgIpc) is 3.24. The van der Waals surface area contributed by atoms with Crippen LogP contribution in [0.3, 0.4) is 0 Å². The van der Waals surface area contributed by atoms with Gasteiger partial charge < -0.3 is 29.3 Å². The minimum atomic E-state index is -1.72. The lowest BCUT2D eigenvalue weighted by atomic mass is 9.71. The van der Waals surface area contributed by atoms with Gasteiger partial charge in [0, 0.05) is 19.3 Å². The van der Waals surface area contributed by atoms with Crippen LogP contribution < -0.4 is 0 Å². The summed E-state index contributed by atoms with van der Waals surface area (Å²) in [6.45, 7) is 10.5. The van der Waals surface area contributed by atoms with Crippen molar-refractivity contribution in [3.05, 3.63) is 47.1 Å². The average molecular weight is 556 g/mol. The standard InChI is InChI=1S/C32H45NO7/c1-6-27-21(4)12-13-31(40-27)17-25-16-24(39-31)11-10-20(3)14-19(2)8-7-9-23-18-37-29-28(33-36)22(5)15-26(30(34)38-25)32(23,29)35/h7-10,15,19,21,24-27,29,35-36H,6,11-14,16-18H2,1-5H3/b8-7+,20-10+,23-9+,33-28+/t19-,21+,24-,25-,26+,27+,29-,31-,32+/m1/s1. The summed E-state index contributed by atoms with van der Waals surface area (Å²) < 4.78 is 25.5. The van der Waals surface area contributed by atoms with Crippen LogP contribution in [0, 0.1) is 17.8 Å². The molecule has 2 N–H and O–H groups in total. The van der Waals surface area contributed by atoms with Crippen LogP contribution in [0.25, 0.3) is 0 Å². The Labute approximate surface area is 237 Å².